The van der Waals surface area contributed by atoms with E-state index in [1.165, 1.54) is 37.8 Å². The van der Waals surface area contributed by atoms with Crippen molar-refractivity contribution in [3.8, 4) is 0 Å². The Morgan fingerprint density at radius 3 is 2.80 bits per heavy atom. The standard InChI is InChI=1S/C20H27N5/c1-2-12-25(11-1)20-22-9-7-19(23-20)16-24-10-4-6-18(15-24)13-17-5-3-8-21-14-17/h3,5,7-9,14,18H,1-2,4,6,10-13,15-16H2/t18-/m1/s1. The number of hydrogen-bond donors (Lipinski definition) is 0. The minimum Gasteiger partial charge on any atom is -0.341 e. The first-order chi connectivity index (χ1) is 12.4. The highest BCUT2D eigenvalue weighted by Gasteiger charge is 2.21. The smallest absolute Gasteiger partial charge is 0.225 e. The number of rotatable bonds is 5. The average Bonchev–Trinajstić information content (AvgIpc) is 3.18. The fourth-order valence-corrected chi connectivity index (χ4v) is 4.08. The van der Waals surface area contributed by atoms with Crippen LogP contribution in [0.2, 0.25) is 0 Å². The zero-order valence-corrected chi connectivity index (χ0v) is 14.8. The number of nitrogens with zero attached hydrogens (tertiary/aromatic N) is 5. The molecule has 2 aliphatic heterocycles. The molecule has 2 fully saturated rings. The lowest BCUT2D eigenvalue weighted by Gasteiger charge is -2.32. The van der Waals surface area contributed by atoms with Crippen LogP contribution in [0.15, 0.2) is 36.8 Å². The van der Waals surface area contributed by atoms with Gasteiger partial charge in [0, 0.05) is 44.8 Å². The Balaban J connectivity index is 1.36. The lowest BCUT2D eigenvalue weighted by Crippen LogP contribution is -2.36. The number of piperidine rings is 1. The first-order valence-electron chi connectivity index (χ1n) is 9.55. The maximum absolute atomic E-state index is 4.82. The molecule has 2 aliphatic rings. The minimum atomic E-state index is 0.720. The van der Waals surface area contributed by atoms with Gasteiger partial charge in [-0.1, -0.05) is 6.07 Å². The maximum Gasteiger partial charge on any atom is 0.225 e. The second-order valence-electron chi connectivity index (χ2n) is 7.35. The van der Waals surface area contributed by atoms with Gasteiger partial charge < -0.3 is 4.90 Å². The molecule has 0 unspecified atom stereocenters. The van der Waals surface area contributed by atoms with Gasteiger partial charge in [-0.25, -0.2) is 9.97 Å². The van der Waals surface area contributed by atoms with Gasteiger partial charge in [-0.05, 0) is 62.3 Å². The van der Waals surface area contributed by atoms with E-state index in [1.807, 2.05) is 24.7 Å². The van der Waals surface area contributed by atoms with E-state index in [9.17, 15) is 0 Å². The molecule has 0 bridgehead atoms. The summed E-state index contributed by atoms with van der Waals surface area (Å²) in [5.41, 5.74) is 2.51. The Bertz CT molecular complexity index is 669. The van der Waals surface area contributed by atoms with E-state index >= 15 is 0 Å². The summed E-state index contributed by atoms with van der Waals surface area (Å²) in [5, 5.41) is 0. The first kappa shape index (κ1) is 16.5. The summed E-state index contributed by atoms with van der Waals surface area (Å²) in [6, 6.07) is 6.31. The molecule has 0 spiro atoms. The van der Waals surface area contributed by atoms with Crippen LogP contribution in [-0.2, 0) is 13.0 Å². The quantitative estimate of drug-likeness (QED) is 0.839. The molecule has 25 heavy (non-hydrogen) atoms. The molecular weight excluding hydrogens is 310 g/mol. The molecule has 0 radical (unpaired) electrons. The van der Waals surface area contributed by atoms with E-state index in [-0.39, 0.29) is 0 Å². The molecule has 0 N–H and O–H groups in total. The zero-order chi connectivity index (χ0) is 16.9. The molecule has 2 aromatic heterocycles. The van der Waals surface area contributed by atoms with Crippen molar-refractivity contribution in [1.29, 1.82) is 0 Å². The van der Waals surface area contributed by atoms with E-state index in [0.29, 0.717) is 0 Å². The van der Waals surface area contributed by atoms with Crippen LogP contribution in [0.4, 0.5) is 5.95 Å². The number of anilines is 1. The monoisotopic (exact) mass is 337 g/mol. The van der Waals surface area contributed by atoms with E-state index < -0.39 is 0 Å². The summed E-state index contributed by atoms with van der Waals surface area (Å²) in [5.74, 6) is 1.64. The Morgan fingerprint density at radius 2 is 1.96 bits per heavy atom. The lowest BCUT2D eigenvalue weighted by atomic mass is 9.92. The van der Waals surface area contributed by atoms with Crippen molar-refractivity contribution >= 4 is 5.95 Å². The zero-order valence-electron chi connectivity index (χ0n) is 14.8. The third-order valence-electron chi connectivity index (χ3n) is 5.33. The number of likely N-dealkylation sites (tertiary alicyclic amines) is 1. The van der Waals surface area contributed by atoms with Crippen LogP contribution >= 0.6 is 0 Å². The predicted molar refractivity (Wildman–Crippen MR) is 99.4 cm³/mol. The van der Waals surface area contributed by atoms with Gasteiger partial charge in [-0.15, -0.1) is 0 Å². The topological polar surface area (TPSA) is 45.2 Å². The average molecular weight is 337 g/mol. The van der Waals surface area contributed by atoms with E-state index in [2.05, 4.69) is 31.9 Å². The molecule has 4 rings (SSSR count). The molecule has 0 aromatic carbocycles. The van der Waals surface area contributed by atoms with Crippen molar-refractivity contribution in [3.63, 3.8) is 0 Å². The molecule has 132 valence electrons. The summed E-state index contributed by atoms with van der Waals surface area (Å²) >= 11 is 0. The summed E-state index contributed by atoms with van der Waals surface area (Å²) in [6.07, 6.45) is 12.0. The first-order valence-corrected chi connectivity index (χ1v) is 9.55. The molecule has 0 aliphatic carbocycles. The second kappa shape index (κ2) is 7.91. The molecule has 2 aromatic rings. The third kappa shape index (κ3) is 4.34. The molecule has 2 saturated heterocycles. The highest BCUT2D eigenvalue weighted by atomic mass is 15.3. The van der Waals surface area contributed by atoms with Gasteiger partial charge in [0.05, 0.1) is 5.69 Å². The summed E-state index contributed by atoms with van der Waals surface area (Å²) in [4.78, 5) is 18.4. The van der Waals surface area contributed by atoms with Gasteiger partial charge in [0.1, 0.15) is 0 Å². The second-order valence-corrected chi connectivity index (χ2v) is 7.35. The van der Waals surface area contributed by atoms with Crippen molar-refractivity contribution in [2.24, 2.45) is 5.92 Å². The van der Waals surface area contributed by atoms with Crippen LogP contribution in [0.1, 0.15) is 36.9 Å². The number of aromatic nitrogens is 3. The third-order valence-corrected chi connectivity index (χ3v) is 5.33. The summed E-state index contributed by atoms with van der Waals surface area (Å²) in [6.45, 7) is 5.46. The van der Waals surface area contributed by atoms with Gasteiger partial charge in [-0.2, -0.15) is 0 Å². The van der Waals surface area contributed by atoms with E-state index in [0.717, 1.165) is 50.2 Å². The fourth-order valence-electron chi connectivity index (χ4n) is 4.08. The molecule has 0 amide bonds. The molecule has 4 heterocycles. The molecular formula is C20H27N5. The van der Waals surface area contributed by atoms with Crippen LogP contribution < -0.4 is 4.90 Å². The van der Waals surface area contributed by atoms with Crippen LogP contribution in [0.3, 0.4) is 0 Å². The Labute approximate surface area is 150 Å². The van der Waals surface area contributed by atoms with Gasteiger partial charge in [0.2, 0.25) is 5.95 Å². The Kier molecular flexibility index (Phi) is 5.21. The molecule has 0 saturated carbocycles. The van der Waals surface area contributed by atoms with Gasteiger partial charge >= 0.3 is 0 Å². The summed E-state index contributed by atoms with van der Waals surface area (Å²) in [7, 11) is 0. The fraction of sp³-hybridized carbons (Fsp3) is 0.550. The predicted octanol–water partition coefficient (Wildman–Crippen LogP) is 2.93. The molecule has 5 nitrogen and oxygen atoms in total. The van der Waals surface area contributed by atoms with Gasteiger partial charge in [0.15, 0.2) is 0 Å². The number of pyridine rings is 1. The summed E-state index contributed by atoms with van der Waals surface area (Å²) < 4.78 is 0. The largest absolute Gasteiger partial charge is 0.341 e. The van der Waals surface area contributed by atoms with Crippen molar-refractivity contribution in [3.05, 3.63) is 48.0 Å². The highest BCUT2D eigenvalue weighted by Crippen LogP contribution is 2.22. The van der Waals surface area contributed by atoms with Crippen LogP contribution in [0.5, 0.6) is 0 Å². The van der Waals surface area contributed by atoms with E-state index in [4.69, 9.17) is 4.98 Å². The SMILES string of the molecule is c1cncc(C[C@H]2CCCN(Cc3ccnc(N4CCCC4)n3)C2)c1. The highest BCUT2D eigenvalue weighted by molar-refractivity contribution is 5.31. The van der Waals surface area contributed by atoms with Crippen LogP contribution in [0, 0.1) is 5.92 Å². The normalized spacial score (nSPS) is 21.6. The van der Waals surface area contributed by atoms with E-state index in [1.54, 1.807) is 0 Å². The maximum atomic E-state index is 4.82. The molecule has 5 heteroatoms. The Hall–Kier alpha value is -2.01. The number of hydrogen-bond acceptors (Lipinski definition) is 5. The minimum absolute atomic E-state index is 0.720. The lowest BCUT2D eigenvalue weighted by molar-refractivity contribution is 0.165. The Morgan fingerprint density at radius 1 is 1.04 bits per heavy atom. The van der Waals surface area contributed by atoms with Crippen LogP contribution in [-0.4, -0.2) is 46.0 Å². The van der Waals surface area contributed by atoms with Crippen molar-refractivity contribution in [2.75, 3.05) is 31.1 Å². The van der Waals surface area contributed by atoms with Gasteiger partial charge in [-0.3, -0.25) is 9.88 Å². The van der Waals surface area contributed by atoms with Crippen molar-refractivity contribution < 1.29 is 0 Å². The molecule has 1 atom stereocenters. The van der Waals surface area contributed by atoms with Crippen LogP contribution in [0.25, 0.3) is 0 Å². The van der Waals surface area contributed by atoms with Gasteiger partial charge in [0.25, 0.3) is 0 Å². The van der Waals surface area contributed by atoms with Crippen molar-refractivity contribution in [1.82, 2.24) is 19.9 Å². The van der Waals surface area contributed by atoms with Crippen molar-refractivity contribution in [2.45, 2.75) is 38.6 Å².